The van der Waals surface area contributed by atoms with E-state index in [1.54, 1.807) is 0 Å². The number of ether oxygens (including phenoxy) is 1. The van der Waals surface area contributed by atoms with Crippen LogP contribution in [-0.4, -0.2) is 33.8 Å². The summed E-state index contributed by atoms with van der Waals surface area (Å²) in [6, 6.07) is 18.4. The van der Waals surface area contributed by atoms with E-state index < -0.39 is 11.2 Å². The van der Waals surface area contributed by atoms with Gasteiger partial charge in [-0.1, -0.05) is 54.6 Å². The first-order valence-electron chi connectivity index (χ1n) is 10.7. The number of hydrogen-bond donors (Lipinski definition) is 1. The lowest BCUT2D eigenvalue weighted by atomic mass is 9.71. The zero-order chi connectivity index (χ0) is 20.6. The highest BCUT2D eigenvalue weighted by molar-refractivity contribution is 5.71. The van der Waals surface area contributed by atoms with Gasteiger partial charge in [0.2, 0.25) is 0 Å². The molecule has 4 rings (SSSR count). The van der Waals surface area contributed by atoms with E-state index in [2.05, 4.69) is 18.2 Å². The Kier molecular flexibility index (Phi) is 5.16. The summed E-state index contributed by atoms with van der Waals surface area (Å²) in [4.78, 5) is 14.8. The highest BCUT2D eigenvalue weighted by Crippen LogP contribution is 2.47. The number of rotatable bonds is 2. The molecule has 29 heavy (non-hydrogen) atoms. The first-order valence-corrected chi connectivity index (χ1v) is 10.7. The van der Waals surface area contributed by atoms with Gasteiger partial charge < -0.3 is 14.7 Å². The van der Waals surface area contributed by atoms with Gasteiger partial charge in [0.25, 0.3) is 0 Å². The van der Waals surface area contributed by atoms with E-state index >= 15 is 0 Å². The van der Waals surface area contributed by atoms with Gasteiger partial charge in [0.1, 0.15) is 5.60 Å². The fraction of sp³-hybridized carbons (Fsp3) is 0.480. The molecular weight excluding hydrogens is 362 g/mol. The summed E-state index contributed by atoms with van der Waals surface area (Å²) in [7, 11) is 0. The van der Waals surface area contributed by atoms with Crippen molar-refractivity contribution in [3.05, 3.63) is 60.2 Å². The number of carbonyl (C=O) groups is 1. The Balaban J connectivity index is 1.66. The molecule has 0 spiro atoms. The van der Waals surface area contributed by atoms with Gasteiger partial charge in [-0.3, -0.25) is 0 Å². The third kappa shape index (κ3) is 4.04. The molecule has 1 N–H and O–H groups in total. The molecule has 1 amide bonds. The molecule has 2 saturated heterocycles. The molecule has 2 unspecified atom stereocenters. The molecule has 0 aromatic heterocycles. The molecular formula is C25H31NO3. The quantitative estimate of drug-likeness (QED) is 0.734. The van der Waals surface area contributed by atoms with E-state index in [9.17, 15) is 9.90 Å². The SMILES string of the molecule is CC(C)(C)OC(=O)N1C2CCCC1CC(O)(c1ccccc1-c1ccccc1)C2. The number of benzene rings is 2. The number of fused-ring (bicyclic) bond motifs is 2. The van der Waals surface area contributed by atoms with Crippen LogP contribution in [0.15, 0.2) is 54.6 Å². The maximum Gasteiger partial charge on any atom is 0.410 e. The van der Waals surface area contributed by atoms with Crippen LogP contribution >= 0.6 is 0 Å². The fourth-order valence-corrected chi connectivity index (χ4v) is 5.02. The van der Waals surface area contributed by atoms with E-state index in [4.69, 9.17) is 4.74 Å². The first kappa shape index (κ1) is 20.0. The second kappa shape index (κ2) is 7.49. The summed E-state index contributed by atoms with van der Waals surface area (Å²) in [5.41, 5.74) is 1.68. The predicted octanol–water partition coefficient (Wildman–Crippen LogP) is 5.49. The van der Waals surface area contributed by atoms with E-state index in [-0.39, 0.29) is 18.2 Å². The summed E-state index contributed by atoms with van der Waals surface area (Å²) >= 11 is 0. The molecule has 154 valence electrons. The molecule has 2 atom stereocenters. The van der Waals surface area contributed by atoms with Gasteiger partial charge in [-0.05, 0) is 56.7 Å². The number of carbonyl (C=O) groups excluding carboxylic acids is 1. The number of piperidine rings is 2. The summed E-state index contributed by atoms with van der Waals surface area (Å²) in [5.74, 6) is 0. The highest BCUT2D eigenvalue weighted by Gasteiger charge is 2.49. The summed E-state index contributed by atoms with van der Waals surface area (Å²) in [6.07, 6.45) is 3.76. The smallest absolute Gasteiger partial charge is 0.410 e. The zero-order valence-corrected chi connectivity index (χ0v) is 17.6. The molecule has 0 radical (unpaired) electrons. The van der Waals surface area contributed by atoms with Gasteiger partial charge in [0, 0.05) is 24.9 Å². The molecule has 2 aliphatic heterocycles. The summed E-state index contributed by atoms with van der Waals surface area (Å²) < 4.78 is 5.69. The van der Waals surface area contributed by atoms with Crippen molar-refractivity contribution in [1.29, 1.82) is 0 Å². The molecule has 2 fully saturated rings. The van der Waals surface area contributed by atoms with Crippen molar-refractivity contribution in [3.63, 3.8) is 0 Å². The van der Waals surface area contributed by atoms with E-state index in [0.29, 0.717) is 12.8 Å². The van der Waals surface area contributed by atoms with Gasteiger partial charge in [-0.2, -0.15) is 0 Å². The second-order valence-corrected chi connectivity index (χ2v) is 9.48. The van der Waals surface area contributed by atoms with Crippen LogP contribution in [0.4, 0.5) is 4.79 Å². The standard InChI is InChI=1S/C25H31NO3/c1-24(2,3)29-23(27)26-19-12-9-13-20(26)17-25(28,16-19)22-15-8-7-14-21(22)18-10-5-4-6-11-18/h4-8,10-11,14-15,19-20,28H,9,12-13,16-17H2,1-3H3. The number of aliphatic hydroxyl groups is 1. The average molecular weight is 394 g/mol. The molecule has 2 aromatic carbocycles. The van der Waals surface area contributed by atoms with E-state index in [1.807, 2.05) is 62.1 Å². The lowest BCUT2D eigenvalue weighted by molar-refractivity contribution is -0.0962. The monoisotopic (exact) mass is 393 g/mol. The predicted molar refractivity (Wildman–Crippen MR) is 115 cm³/mol. The Hall–Kier alpha value is -2.33. The minimum Gasteiger partial charge on any atom is -0.444 e. The molecule has 0 saturated carbocycles. The van der Waals surface area contributed by atoms with Crippen LogP contribution in [0.1, 0.15) is 58.4 Å². The molecule has 4 nitrogen and oxygen atoms in total. The highest BCUT2D eigenvalue weighted by atomic mass is 16.6. The molecule has 4 heteroatoms. The van der Waals surface area contributed by atoms with Gasteiger partial charge in [0.05, 0.1) is 5.60 Å². The van der Waals surface area contributed by atoms with Crippen molar-refractivity contribution in [2.75, 3.05) is 0 Å². The lowest BCUT2D eigenvalue weighted by Gasteiger charge is -2.52. The Morgan fingerprint density at radius 2 is 1.59 bits per heavy atom. The fourth-order valence-electron chi connectivity index (χ4n) is 5.02. The topological polar surface area (TPSA) is 49.8 Å². The zero-order valence-electron chi connectivity index (χ0n) is 17.6. The largest absolute Gasteiger partial charge is 0.444 e. The van der Waals surface area contributed by atoms with Crippen LogP contribution in [0.2, 0.25) is 0 Å². The number of nitrogens with zero attached hydrogens (tertiary/aromatic N) is 1. The number of hydrogen-bond acceptors (Lipinski definition) is 3. The maximum absolute atomic E-state index is 12.9. The van der Waals surface area contributed by atoms with E-state index in [1.165, 1.54) is 0 Å². The third-order valence-corrected chi connectivity index (χ3v) is 6.13. The Labute approximate surface area is 173 Å². The van der Waals surface area contributed by atoms with Crippen LogP contribution in [0, 0.1) is 0 Å². The lowest BCUT2D eigenvalue weighted by Crippen LogP contribution is -2.59. The summed E-state index contributed by atoms with van der Waals surface area (Å²) in [6.45, 7) is 5.70. The first-order chi connectivity index (χ1) is 13.8. The van der Waals surface area contributed by atoms with Crippen molar-refractivity contribution in [2.45, 2.75) is 76.2 Å². The normalized spacial score (nSPS) is 26.8. The van der Waals surface area contributed by atoms with Crippen LogP contribution in [0.5, 0.6) is 0 Å². The molecule has 2 heterocycles. The molecule has 2 bridgehead atoms. The van der Waals surface area contributed by atoms with Gasteiger partial charge in [-0.25, -0.2) is 4.79 Å². The molecule has 0 aliphatic carbocycles. The minimum atomic E-state index is -0.944. The van der Waals surface area contributed by atoms with Gasteiger partial charge in [0.15, 0.2) is 0 Å². The van der Waals surface area contributed by atoms with Crippen LogP contribution in [0.25, 0.3) is 11.1 Å². The van der Waals surface area contributed by atoms with Crippen molar-refractivity contribution >= 4 is 6.09 Å². The van der Waals surface area contributed by atoms with Gasteiger partial charge in [-0.15, -0.1) is 0 Å². The van der Waals surface area contributed by atoms with Crippen LogP contribution in [-0.2, 0) is 10.3 Å². The molecule has 2 aliphatic rings. The third-order valence-electron chi connectivity index (χ3n) is 6.13. The molecule has 2 aromatic rings. The maximum atomic E-state index is 12.9. The number of amides is 1. The van der Waals surface area contributed by atoms with Crippen molar-refractivity contribution in [2.24, 2.45) is 0 Å². The van der Waals surface area contributed by atoms with Crippen molar-refractivity contribution in [3.8, 4) is 11.1 Å². The second-order valence-electron chi connectivity index (χ2n) is 9.48. The Morgan fingerprint density at radius 3 is 2.21 bits per heavy atom. The Morgan fingerprint density at radius 1 is 1.00 bits per heavy atom. The average Bonchev–Trinajstić information content (AvgIpc) is 2.66. The minimum absolute atomic E-state index is 0.00572. The van der Waals surface area contributed by atoms with E-state index in [0.717, 1.165) is 36.0 Å². The summed E-state index contributed by atoms with van der Waals surface area (Å²) in [5, 5.41) is 11.8. The van der Waals surface area contributed by atoms with Crippen molar-refractivity contribution < 1.29 is 14.6 Å². The van der Waals surface area contributed by atoms with Gasteiger partial charge >= 0.3 is 6.09 Å². The van der Waals surface area contributed by atoms with Crippen LogP contribution in [0.3, 0.4) is 0 Å². The Bertz CT molecular complexity index is 857. The van der Waals surface area contributed by atoms with Crippen LogP contribution < -0.4 is 0 Å². The van der Waals surface area contributed by atoms with Crippen molar-refractivity contribution in [1.82, 2.24) is 4.90 Å².